The summed E-state index contributed by atoms with van der Waals surface area (Å²) in [6.07, 6.45) is 0. The van der Waals surface area contributed by atoms with Crippen molar-refractivity contribution in [3.63, 3.8) is 0 Å². The van der Waals surface area contributed by atoms with E-state index in [0.717, 1.165) is 0 Å². The maximum absolute atomic E-state index is 11.6. The Bertz CT molecular complexity index is 510. The van der Waals surface area contributed by atoms with E-state index in [1.807, 2.05) is 6.07 Å². The molecule has 0 atom stereocenters. The van der Waals surface area contributed by atoms with Gasteiger partial charge in [-0.1, -0.05) is 12.1 Å². The molecule has 0 saturated heterocycles. The lowest BCUT2D eigenvalue weighted by atomic mass is 10.1. The highest BCUT2D eigenvalue weighted by molar-refractivity contribution is 6.39. The lowest BCUT2D eigenvalue weighted by Crippen LogP contribution is -2.46. The third-order valence-corrected chi connectivity index (χ3v) is 1.99. The second-order valence-corrected chi connectivity index (χ2v) is 4.82. The summed E-state index contributed by atoms with van der Waals surface area (Å²) < 4.78 is 0. The van der Waals surface area contributed by atoms with E-state index in [1.165, 1.54) is 0 Å². The number of amides is 2. The van der Waals surface area contributed by atoms with Gasteiger partial charge in [-0.25, -0.2) is 0 Å². The summed E-state index contributed by atoms with van der Waals surface area (Å²) in [6, 6.07) is 8.44. The van der Waals surface area contributed by atoms with Crippen LogP contribution in [0.3, 0.4) is 0 Å². The predicted molar refractivity (Wildman–Crippen MR) is 67.7 cm³/mol. The highest BCUT2D eigenvalue weighted by atomic mass is 16.2. The Morgan fingerprint density at radius 2 is 1.78 bits per heavy atom. The number of para-hydroxylation sites is 1. The number of nitrogens with one attached hydrogen (secondary N) is 2. The molecule has 0 unspecified atom stereocenters. The number of benzene rings is 1. The molecule has 94 valence electrons. The predicted octanol–water partition coefficient (Wildman–Crippen LogP) is 1.41. The molecule has 18 heavy (non-hydrogen) atoms. The van der Waals surface area contributed by atoms with Crippen LogP contribution < -0.4 is 10.6 Å². The number of nitriles is 1. The van der Waals surface area contributed by atoms with Gasteiger partial charge in [-0.3, -0.25) is 9.59 Å². The van der Waals surface area contributed by atoms with Crippen molar-refractivity contribution in [3.8, 4) is 6.07 Å². The number of nitrogens with zero attached hydrogens (tertiary/aromatic N) is 1. The van der Waals surface area contributed by atoms with Crippen LogP contribution in [0, 0.1) is 11.3 Å². The first-order valence-corrected chi connectivity index (χ1v) is 5.46. The zero-order valence-electron chi connectivity index (χ0n) is 10.6. The molecule has 0 bridgehead atoms. The van der Waals surface area contributed by atoms with Crippen LogP contribution in [0.25, 0.3) is 0 Å². The maximum atomic E-state index is 11.6. The Hall–Kier alpha value is -2.35. The Morgan fingerprint density at radius 3 is 2.33 bits per heavy atom. The van der Waals surface area contributed by atoms with Gasteiger partial charge in [-0.2, -0.15) is 5.26 Å². The summed E-state index contributed by atoms with van der Waals surface area (Å²) in [5, 5.41) is 13.8. The molecule has 0 aliphatic rings. The molecular weight excluding hydrogens is 230 g/mol. The van der Waals surface area contributed by atoms with Crippen LogP contribution in [0.15, 0.2) is 24.3 Å². The minimum Gasteiger partial charge on any atom is -0.343 e. The number of carbonyl (C=O) groups excluding carboxylic acids is 2. The molecule has 0 aromatic heterocycles. The van der Waals surface area contributed by atoms with Gasteiger partial charge in [0, 0.05) is 5.54 Å². The van der Waals surface area contributed by atoms with Crippen molar-refractivity contribution in [2.75, 3.05) is 5.32 Å². The Morgan fingerprint density at radius 1 is 1.17 bits per heavy atom. The summed E-state index contributed by atoms with van der Waals surface area (Å²) in [4.78, 5) is 23.2. The van der Waals surface area contributed by atoms with Crippen molar-refractivity contribution < 1.29 is 9.59 Å². The van der Waals surface area contributed by atoms with Gasteiger partial charge in [0.15, 0.2) is 0 Å². The van der Waals surface area contributed by atoms with E-state index in [-0.39, 0.29) is 0 Å². The fourth-order valence-corrected chi connectivity index (χ4v) is 1.27. The van der Waals surface area contributed by atoms with E-state index in [9.17, 15) is 9.59 Å². The molecular formula is C13H15N3O2. The Balaban J connectivity index is 2.77. The van der Waals surface area contributed by atoms with E-state index in [0.29, 0.717) is 11.3 Å². The van der Waals surface area contributed by atoms with Crippen LogP contribution in [0.2, 0.25) is 0 Å². The third-order valence-electron chi connectivity index (χ3n) is 1.99. The number of carbonyl (C=O) groups is 2. The fraction of sp³-hybridized carbons (Fsp3) is 0.308. The molecule has 0 aliphatic heterocycles. The van der Waals surface area contributed by atoms with Crippen molar-refractivity contribution in [2.45, 2.75) is 26.3 Å². The highest BCUT2D eigenvalue weighted by Gasteiger charge is 2.20. The zero-order valence-corrected chi connectivity index (χ0v) is 10.6. The molecule has 0 aliphatic carbocycles. The number of anilines is 1. The summed E-state index contributed by atoms with van der Waals surface area (Å²) in [6.45, 7) is 5.34. The molecule has 2 N–H and O–H groups in total. The van der Waals surface area contributed by atoms with Crippen LogP contribution in [-0.4, -0.2) is 17.4 Å². The molecule has 1 rings (SSSR count). The highest BCUT2D eigenvalue weighted by Crippen LogP contribution is 2.13. The van der Waals surface area contributed by atoms with Crippen molar-refractivity contribution in [1.29, 1.82) is 5.26 Å². The SMILES string of the molecule is CC(C)(C)NC(=O)C(=O)Nc1ccccc1C#N. The minimum absolute atomic E-state index is 0.314. The van der Waals surface area contributed by atoms with Crippen LogP contribution in [0.5, 0.6) is 0 Å². The molecule has 0 radical (unpaired) electrons. The van der Waals surface area contributed by atoms with E-state index < -0.39 is 17.4 Å². The van der Waals surface area contributed by atoms with Crippen LogP contribution in [-0.2, 0) is 9.59 Å². The first-order chi connectivity index (χ1) is 8.33. The summed E-state index contributed by atoms with van der Waals surface area (Å²) in [5.41, 5.74) is 0.159. The van der Waals surface area contributed by atoms with Crippen molar-refractivity contribution in [3.05, 3.63) is 29.8 Å². The topological polar surface area (TPSA) is 82.0 Å². The molecule has 0 fully saturated rings. The van der Waals surface area contributed by atoms with E-state index in [1.54, 1.807) is 45.0 Å². The van der Waals surface area contributed by atoms with Crippen molar-refractivity contribution in [1.82, 2.24) is 5.32 Å². The van der Waals surface area contributed by atoms with Gasteiger partial charge in [0.05, 0.1) is 11.3 Å². The second-order valence-electron chi connectivity index (χ2n) is 4.82. The van der Waals surface area contributed by atoms with Crippen molar-refractivity contribution >= 4 is 17.5 Å². The summed E-state index contributed by atoms with van der Waals surface area (Å²) in [7, 11) is 0. The van der Waals surface area contributed by atoms with E-state index in [2.05, 4.69) is 10.6 Å². The molecule has 1 aromatic carbocycles. The minimum atomic E-state index is -0.785. The maximum Gasteiger partial charge on any atom is 0.313 e. The van der Waals surface area contributed by atoms with Gasteiger partial charge in [0.1, 0.15) is 6.07 Å². The van der Waals surface area contributed by atoms with Crippen LogP contribution >= 0.6 is 0 Å². The van der Waals surface area contributed by atoms with E-state index in [4.69, 9.17) is 5.26 Å². The Labute approximate surface area is 106 Å². The van der Waals surface area contributed by atoms with Gasteiger partial charge < -0.3 is 10.6 Å². The largest absolute Gasteiger partial charge is 0.343 e. The van der Waals surface area contributed by atoms with Crippen LogP contribution in [0.4, 0.5) is 5.69 Å². The fourth-order valence-electron chi connectivity index (χ4n) is 1.27. The molecule has 5 heteroatoms. The standard InChI is InChI=1S/C13H15N3O2/c1-13(2,3)16-12(18)11(17)15-10-7-5-4-6-9(10)8-14/h4-7H,1-3H3,(H,15,17)(H,16,18). The first-order valence-electron chi connectivity index (χ1n) is 5.46. The smallest absolute Gasteiger partial charge is 0.313 e. The average Bonchev–Trinajstić information content (AvgIpc) is 2.27. The first kappa shape index (κ1) is 13.7. The van der Waals surface area contributed by atoms with Gasteiger partial charge in [-0.05, 0) is 32.9 Å². The van der Waals surface area contributed by atoms with Gasteiger partial charge >= 0.3 is 11.8 Å². The van der Waals surface area contributed by atoms with E-state index >= 15 is 0 Å². The molecule has 0 spiro atoms. The van der Waals surface area contributed by atoms with Gasteiger partial charge in [0.25, 0.3) is 0 Å². The quantitative estimate of drug-likeness (QED) is 0.734. The number of rotatable bonds is 1. The lowest BCUT2D eigenvalue weighted by molar-refractivity contribution is -0.137. The monoisotopic (exact) mass is 245 g/mol. The number of hydrogen-bond donors (Lipinski definition) is 2. The normalized spacial score (nSPS) is 10.3. The number of hydrogen-bond acceptors (Lipinski definition) is 3. The van der Waals surface area contributed by atoms with Gasteiger partial charge in [0.2, 0.25) is 0 Å². The lowest BCUT2D eigenvalue weighted by Gasteiger charge is -2.19. The summed E-state index contributed by atoms with van der Waals surface area (Å²) in [5.74, 6) is -1.51. The molecule has 0 saturated carbocycles. The van der Waals surface area contributed by atoms with Gasteiger partial charge in [-0.15, -0.1) is 0 Å². The third kappa shape index (κ3) is 3.91. The second kappa shape index (κ2) is 5.32. The average molecular weight is 245 g/mol. The molecule has 5 nitrogen and oxygen atoms in total. The van der Waals surface area contributed by atoms with Crippen molar-refractivity contribution in [2.24, 2.45) is 0 Å². The Kier molecular flexibility index (Phi) is 4.05. The zero-order chi connectivity index (χ0) is 13.8. The van der Waals surface area contributed by atoms with Crippen LogP contribution in [0.1, 0.15) is 26.3 Å². The molecule has 1 aromatic rings. The molecule has 2 amide bonds. The molecule has 0 heterocycles. The summed E-state index contributed by atoms with van der Waals surface area (Å²) >= 11 is 0.